The Morgan fingerprint density at radius 3 is 2.63 bits per heavy atom. The molecular weight excluding hydrogens is 262 g/mol. The summed E-state index contributed by atoms with van der Waals surface area (Å²) in [7, 11) is 1.37. The Morgan fingerprint density at radius 2 is 1.84 bits per heavy atom. The molecule has 0 spiro atoms. The van der Waals surface area contributed by atoms with Crippen LogP contribution in [-0.2, 0) is 4.74 Å². The third kappa shape index (κ3) is 1.92. The molecule has 0 saturated heterocycles. The number of rotatable bonds is 1. The lowest BCUT2D eigenvalue weighted by molar-refractivity contribution is 0.0605. The number of aromatic nitrogens is 1. The molecule has 0 saturated carbocycles. The van der Waals surface area contributed by atoms with Gasteiger partial charge in [0, 0.05) is 15.8 Å². The molecule has 0 amide bonds. The Balaban J connectivity index is 2.53. The van der Waals surface area contributed by atoms with Crippen LogP contribution in [0.1, 0.15) is 10.4 Å². The van der Waals surface area contributed by atoms with Crippen molar-refractivity contribution in [1.29, 1.82) is 0 Å². The molecule has 94 valence electrons. The molecule has 4 heteroatoms. The van der Waals surface area contributed by atoms with E-state index in [1.807, 2.05) is 24.3 Å². The van der Waals surface area contributed by atoms with Crippen LogP contribution >= 0.6 is 11.6 Å². The second-order valence-corrected chi connectivity index (χ2v) is 4.59. The van der Waals surface area contributed by atoms with E-state index in [1.165, 1.54) is 7.11 Å². The third-order valence-electron chi connectivity index (χ3n) is 3.03. The van der Waals surface area contributed by atoms with Crippen molar-refractivity contribution < 1.29 is 9.53 Å². The highest BCUT2D eigenvalue weighted by molar-refractivity contribution is 6.31. The van der Waals surface area contributed by atoms with Crippen LogP contribution in [0.2, 0.25) is 5.02 Å². The molecule has 3 rings (SSSR count). The number of benzene rings is 2. The number of carbonyl (C=O) groups is 1. The molecule has 0 aliphatic carbocycles. The summed E-state index contributed by atoms with van der Waals surface area (Å²) in [4.78, 5) is 16.6. The van der Waals surface area contributed by atoms with E-state index in [-0.39, 0.29) is 5.97 Å². The van der Waals surface area contributed by atoms with Gasteiger partial charge in [0.15, 0.2) is 0 Å². The van der Waals surface area contributed by atoms with E-state index in [2.05, 4.69) is 4.98 Å². The minimum absolute atomic E-state index is 0.383. The van der Waals surface area contributed by atoms with Crippen molar-refractivity contribution in [3.8, 4) is 0 Å². The summed E-state index contributed by atoms with van der Waals surface area (Å²) in [5.41, 5.74) is 1.99. The molecule has 0 aliphatic heterocycles. The van der Waals surface area contributed by atoms with E-state index >= 15 is 0 Å². The first-order chi connectivity index (χ1) is 9.20. The van der Waals surface area contributed by atoms with E-state index < -0.39 is 0 Å². The second-order valence-electron chi connectivity index (χ2n) is 4.16. The standard InChI is InChI=1S/C15H10ClNO2/c1-19-15(18)14-10-4-2-3-5-12(10)17-13-7-6-9(16)8-11(13)14/h2-8H,1H3. The van der Waals surface area contributed by atoms with Gasteiger partial charge in [-0.2, -0.15) is 0 Å². The minimum Gasteiger partial charge on any atom is -0.465 e. The Hall–Kier alpha value is -2.13. The molecule has 3 nitrogen and oxygen atoms in total. The van der Waals surface area contributed by atoms with Crippen molar-refractivity contribution >= 4 is 39.4 Å². The number of ether oxygens (including phenoxy) is 1. The molecule has 1 heterocycles. The van der Waals surface area contributed by atoms with E-state index in [1.54, 1.807) is 18.2 Å². The van der Waals surface area contributed by atoms with Crippen LogP contribution < -0.4 is 0 Å². The molecule has 2 aromatic carbocycles. The summed E-state index contributed by atoms with van der Waals surface area (Å²) < 4.78 is 4.88. The van der Waals surface area contributed by atoms with Gasteiger partial charge in [0.25, 0.3) is 0 Å². The molecule has 0 aliphatic rings. The molecule has 1 aromatic heterocycles. The lowest BCUT2D eigenvalue weighted by Gasteiger charge is -2.09. The van der Waals surface area contributed by atoms with Crippen molar-refractivity contribution in [2.45, 2.75) is 0 Å². The molecule has 0 atom stereocenters. The largest absolute Gasteiger partial charge is 0.465 e. The Labute approximate surface area is 114 Å². The van der Waals surface area contributed by atoms with Crippen LogP contribution in [0.15, 0.2) is 42.5 Å². The van der Waals surface area contributed by atoms with Gasteiger partial charge in [0.05, 0.1) is 23.7 Å². The third-order valence-corrected chi connectivity index (χ3v) is 3.27. The first-order valence-electron chi connectivity index (χ1n) is 5.77. The van der Waals surface area contributed by atoms with Gasteiger partial charge in [-0.1, -0.05) is 29.8 Å². The quantitative estimate of drug-likeness (QED) is 0.499. The van der Waals surface area contributed by atoms with Crippen molar-refractivity contribution in [1.82, 2.24) is 4.98 Å². The van der Waals surface area contributed by atoms with Gasteiger partial charge in [0.2, 0.25) is 0 Å². The minimum atomic E-state index is -0.383. The average Bonchev–Trinajstić information content (AvgIpc) is 2.44. The highest BCUT2D eigenvalue weighted by atomic mass is 35.5. The number of carbonyl (C=O) groups excluding carboxylic acids is 1. The maximum absolute atomic E-state index is 12.1. The van der Waals surface area contributed by atoms with Crippen LogP contribution in [0.25, 0.3) is 21.8 Å². The molecule has 0 fully saturated rings. The van der Waals surface area contributed by atoms with Crippen LogP contribution in [0.5, 0.6) is 0 Å². The number of pyridine rings is 1. The lowest BCUT2D eigenvalue weighted by Crippen LogP contribution is -2.04. The van der Waals surface area contributed by atoms with Gasteiger partial charge in [-0.25, -0.2) is 9.78 Å². The fourth-order valence-corrected chi connectivity index (χ4v) is 2.36. The van der Waals surface area contributed by atoms with E-state index in [9.17, 15) is 4.79 Å². The normalized spacial score (nSPS) is 10.8. The number of nitrogens with zero attached hydrogens (tertiary/aromatic N) is 1. The second kappa shape index (κ2) is 4.52. The monoisotopic (exact) mass is 271 g/mol. The summed E-state index contributed by atoms with van der Waals surface area (Å²) in [6.07, 6.45) is 0. The molecule has 0 N–H and O–H groups in total. The average molecular weight is 272 g/mol. The summed E-state index contributed by atoms with van der Waals surface area (Å²) >= 11 is 6.01. The Morgan fingerprint density at radius 1 is 1.11 bits per heavy atom. The fraction of sp³-hybridized carbons (Fsp3) is 0.0667. The van der Waals surface area contributed by atoms with Crippen molar-refractivity contribution in [3.63, 3.8) is 0 Å². The first kappa shape index (κ1) is 11.9. The molecule has 3 aromatic rings. The molecule has 0 unspecified atom stereocenters. The van der Waals surface area contributed by atoms with Crippen molar-refractivity contribution in [2.24, 2.45) is 0 Å². The summed E-state index contributed by atoms with van der Waals surface area (Å²) in [6.45, 7) is 0. The molecule has 0 radical (unpaired) electrons. The van der Waals surface area contributed by atoms with Gasteiger partial charge in [0.1, 0.15) is 0 Å². The smallest absolute Gasteiger partial charge is 0.339 e. The van der Waals surface area contributed by atoms with Crippen LogP contribution in [-0.4, -0.2) is 18.1 Å². The van der Waals surface area contributed by atoms with Gasteiger partial charge in [-0.05, 0) is 24.3 Å². The maximum atomic E-state index is 12.1. The number of esters is 1. The van der Waals surface area contributed by atoms with Crippen LogP contribution in [0.3, 0.4) is 0 Å². The van der Waals surface area contributed by atoms with Gasteiger partial charge >= 0.3 is 5.97 Å². The predicted molar refractivity (Wildman–Crippen MR) is 75.6 cm³/mol. The molecular formula is C15H10ClNO2. The number of hydrogen-bond donors (Lipinski definition) is 0. The SMILES string of the molecule is COC(=O)c1c2ccccc2nc2ccc(Cl)cc12. The molecule has 0 bridgehead atoms. The highest BCUT2D eigenvalue weighted by Gasteiger charge is 2.16. The number of para-hydroxylation sites is 1. The zero-order valence-corrected chi connectivity index (χ0v) is 10.9. The predicted octanol–water partition coefficient (Wildman–Crippen LogP) is 3.83. The van der Waals surface area contributed by atoms with Gasteiger partial charge in [-0.3, -0.25) is 0 Å². The zero-order valence-electron chi connectivity index (χ0n) is 10.2. The number of fused-ring (bicyclic) bond motifs is 2. The lowest BCUT2D eigenvalue weighted by atomic mass is 10.0. The number of methoxy groups -OCH3 is 1. The first-order valence-corrected chi connectivity index (χ1v) is 6.15. The van der Waals surface area contributed by atoms with E-state index in [0.29, 0.717) is 16.0 Å². The Bertz CT molecular complexity index is 799. The molecule has 19 heavy (non-hydrogen) atoms. The topological polar surface area (TPSA) is 39.2 Å². The van der Waals surface area contributed by atoms with E-state index in [0.717, 1.165) is 16.4 Å². The van der Waals surface area contributed by atoms with Gasteiger partial charge in [-0.15, -0.1) is 0 Å². The van der Waals surface area contributed by atoms with Crippen LogP contribution in [0, 0.1) is 0 Å². The summed E-state index contributed by atoms with van der Waals surface area (Å²) in [5.74, 6) is -0.383. The highest BCUT2D eigenvalue weighted by Crippen LogP contribution is 2.28. The van der Waals surface area contributed by atoms with Crippen molar-refractivity contribution in [3.05, 3.63) is 53.1 Å². The summed E-state index contributed by atoms with van der Waals surface area (Å²) in [6, 6.07) is 12.8. The summed E-state index contributed by atoms with van der Waals surface area (Å²) in [5, 5.41) is 2.04. The fourth-order valence-electron chi connectivity index (χ4n) is 2.19. The number of halogens is 1. The Kier molecular flexibility index (Phi) is 2.84. The number of hydrogen-bond acceptors (Lipinski definition) is 3. The van der Waals surface area contributed by atoms with E-state index in [4.69, 9.17) is 16.3 Å². The maximum Gasteiger partial charge on any atom is 0.339 e. The zero-order chi connectivity index (χ0) is 13.4. The van der Waals surface area contributed by atoms with Gasteiger partial charge < -0.3 is 4.74 Å². The van der Waals surface area contributed by atoms with Crippen molar-refractivity contribution in [2.75, 3.05) is 7.11 Å². The van der Waals surface area contributed by atoms with Crippen LogP contribution in [0.4, 0.5) is 0 Å².